The van der Waals surface area contributed by atoms with Gasteiger partial charge in [-0.1, -0.05) is 38.5 Å². The number of amides is 5. The minimum Gasteiger partial charge on any atom is -0.473 e. The monoisotopic (exact) mass is 1190 g/mol. The van der Waals surface area contributed by atoms with Gasteiger partial charge in [-0.25, -0.2) is 0 Å². The number of anilines is 2. The van der Waals surface area contributed by atoms with Crippen LogP contribution in [0.4, 0.5) is 46.5 Å². The van der Waals surface area contributed by atoms with Crippen molar-refractivity contribution in [3.8, 4) is 11.5 Å². The molecule has 8 rings (SSSR count). The van der Waals surface area contributed by atoms with E-state index in [0.717, 1.165) is 100 Å². The molecular weight excluding hydrogens is 1110 g/mol. The van der Waals surface area contributed by atoms with E-state index in [1.54, 1.807) is 18.7 Å². The number of carbonyl (C=O) groups is 5. The number of benzene rings is 2. The van der Waals surface area contributed by atoms with E-state index < -0.39 is 107 Å². The van der Waals surface area contributed by atoms with E-state index >= 15 is 0 Å². The van der Waals surface area contributed by atoms with Gasteiger partial charge in [0.2, 0.25) is 11.2 Å². The van der Waals surface area contributed by atoms with Gasteiger partial charge in [0.25, 0.3) is 29.5 Å². The highest BCUT2D eigenvalue weighted by Crippen LogP contribution is 2.47. The molecule has 0 aromatic heterocycles. The molecule has 2 saturated heterocycles. The van der Waals surface area contributed by atoms with Crippen molar-refractivity contribution < 1.29 is 87.5 Å². The lowest BCUT2D eigenvalue weighted by atomic mass is 9.92. The third-order valence-electron chi connectivity index (χ3n) is 16.0. The molecule has 4 fully saturated rings. The lowest BCUT2D eigenvalue weighted by Gasteiger charge is -2.42. The predicted molar refractivity (Wildman–Crippen MR) is 289 cm³/mol. The summed E-state index contributed by atoms with van der Waals surface area (Å²) in [6.07, 6.45) is -1.07. The zero-order valence-electron chi connectivity index (χ0n) is 48.2. The molecule has 2 aromatic rings. The second kappa shape index (κ2) is 27.8. The van der Waals surface area contributed by atoms with Crippen LogP contribution in [0.3, 0.4) is 0 Å². The minimum atomic E-state index is -4.95. The lowest BCUT2D eigenvalue weighted by Crippen LogP contribution is -2.58. The summed E-state index contributed by atoms with van der Waals surface area (Å²) < 4.78 is 147. The number of alkyl halides is 8. The maximum Gasteiger partial charge on any atom is 0.417 e. The number of hydrogen-bond donors (Lipinski definition) is 2. The molecule has 6 aliphatic rings. The maximum atomic E-state index is 14.5. The van der Waals surface area contributed by atoms with Crippen molar-refractivity contribution in [1.82, 2.24) is 15.1 Å². The molecule has 4 unspecified atom stereocenters. The predicted octanol–water partition coefficient (Wildman–Crippen LogP) is 10.2. The SMILES string of the molecule is CC(C)N(C(=O)c1cc2c(cc1C(F)(F)F)OC(C)(COC1CCCCO1)C(=O)N2CCN)C1CCCCC1.CC(C)N(C(=O)c1cc2c(cc1C(F)(F)F)OC(C)(COC1CCCCO1)C(=O)N2CCNC(=O)C(F)F)C1CCCCC1. The van der Waals surface area contributed by atoms with Crippen molar-refractivity contribution in [2.75, 3.05) is 62.4 Å². The Morgan fingerprint density at radius 1 is 0.627 bits per heavy atom. The minimum absolute atomic E-state index is 0.0419. The first-order valence-corrected chi connectivity index (χ1v) is 29.1. The highest BCUT2D eigenvalue weighted by atomic mass is 19.4. The second-order valence-electron chi connectivity index (χ2n) is 23.1. The molecule has 3 N–H and O–H groups in total. The molecule has 2 saturated carbocycles. The summed E-state index contributed by atoms with van der Waals surface area (Å²) in [6, 6.07) is 2.61. The van der Waals surface area contributed by atoms with Crippen molar-refractivity contribution in [2.24, 2.45) is 5.73 Å². The Hall–Kier alpha value is -5.37. The van der Waals surface area contributed by atoms with E-state index in [1.807, 2.05) is 19.2 Å². The Kier molecular flexibility index (Phi) is 21.8. The fraction of sp³-hybridized carbons (Fsp3) is 0.707. The number of halogens is 8. The summed E-state index contributed by atoms with van der Waals surface area (Å²) >= 11 is 0. The summed E-state index contributed by atoms with van der Waals surface area (Å²) in [4.78, 5) is 72.1. The normalized spacial score (nSPS) is 23.7. The van der Waals surface area contributed by atoms with Crippen LogP contribution in [0.15, 0.2) is 24.3 Å². The molecule has 4 aliphatic heterocycles. The molecule has 0 spiro atoms. The first-order valence-electron chi connectivity index (χ1n) is 29.1. The largest absolute Gasteiger partial charge is 0.473 e. The molecule has 2 aliphatic carbocycles. The second-order valence-corrected chi connectivity index (χ2v) is 23.1. The van der Waals surface area contributed by atoms with Crippen molar-refractivity contribution in [3.63, 3.8) is 0 Å². The third kappa shape index (κ3) is 15.6. The number of nitrogens with zero attached hydrogens (tertiary/aromatic N) is 4. The molecule has 4 atom stereocenters. The molecule has 5 amide bonds. The topological polar surface area (TPSA) is 192 Å². The van der Waals surface area contributed by atoms with Crippen LogP contribution in [0.1, 0.15) is 176 Å². The van der Waals surface area contributed by atoms with Crippen LogP contribution in [0, 0.1) is 0 Å². The van der Waals surface area contributed by atoms with Gasteiger partial charge < -0.3 is 59.1 Å². The average Bonchev–Trinajstić information content (AvgIpc) is 2.63. The molecule has 83 heavy (non-hydrogen) atoms. The van der Waals surface area contributed by atoms with Crippen LogP contribution in [-0.2, 0) is 45.7 Å². The van der Waals surface area contributed by atoms with Crippen LogP contribution in [0.2, 0.25) is 0 Å². The van der Waals surface area contributed by atoms with Gasteiger partial charge in [-0.2, -0.15) is 35.1 Å². The quantitative estimate of drug-likeness (QED) is 0.135. The molecule has 0 radical (unpaired) electrons. The lowest BCUT2D eigenvalue weighted by molar-refractivity contribution is -0.188. The summed E-state index contributed by atoms with van der Waals surface area (Å²) in [5, 5.41) is 2.01. The zero-order chi connectivity index (χ0) is 60.6. The maximum absolute atomic E-state index is 14.5. The van der Waals surface area contributed by atoms with Gasteiger partial charge in [0.05, 0.1) is 46.8 Å². The van der Waals surface area contributed by atoms with Crippen LogP contribution >= 0.6 is 0 Å². The van der Waals surface area contributed by atoms with Gasteiger partial charge in [-0.3, -0.25) is 24.0 Å². The molecule has 2 aromatic carbocycles. The summed E-state index contributed by atoms with van der Waals surface area (Å²) in [5.74, 6) is -4.80. The van der Waals surface area contributed by atoms with Gasteiger partial charge in [0.15, 0.2) is 12.6 Å². The van der Waals surface area contributed by atoms with E-state index in [0.29, 0.717) is 45.0 Å². The van der Waals surface area contributed by atoms with Crippen molar-refractivity contribution in [2.45, 2.75) is 211 Å². The van der Waals surface area contributed by atoms with Crippen LogP contribution in [-0.4, -0.2) is 146 Å². The fourth-order valence-corrected chi connectivity index (χ4v) is 11.9. The van der Waals surface area contributed by atoms with E-state index in [4.69, 9.17) is 34.2 Å². The highest BCUT2D eigenvalue weighted by molar-refractivity contribution is 6.06. The number of hydrogen-bond acceptors (Lipinski definition) is 12. The molecule has 17 nitrogen and oxygen atoms in total. The number of nitrogens with one attached hydrogen (secondary N) is 1. The van der Waals surface area contributed by atoms with Crippen LogP contribution < -0.4 is 30.3 Å². The standard InChI is InChI=1S/C30H40F5N3O6.C28H40F3N3O5/c1-18(2)38(19-9-5-4-6-10-19)27(40)20-15-22-23(16-21(20)30(33,34)35)44-29(3,17-43-24-11-7-8-14-42-24)28(41)37(22)13-12-36-26(39)25(31)32;1-18(2)34(19-9-5-4-6-10-19)25(35)20-15-22-23(16-21(20)28(29,30)31)39-27(3,26(36)33(22)13-12-32)17-38-24-11-7-8-14-37-24/h15-16,18-19,24-25H,4-14,17H2,1-3H3,(H,36,39);15-16,18-19,24H,4-14,17,32H2,1-3H3. The summed E-state index contributed by atoms with van der Waals surface area (Å²) in [7, 11) is 0. The van der Waals surface area contributed by atoms with Crippen LogP contribution in [0.5, 0.6) is 11.5 Å². The van der Waals surface area contributed by atoms with Crippen molar-refractivity contribution >= 4 is 40.9 Å². The first-order chi connectivity index (χ1) is 39.2. The molecule has 0 bridgehead atoms. The molecule has 4 heterocycles. The van der Waals surface area contributed by atoms with Gasteiger partial charge >= 0.3 is 18.8 Å². The third-order valence-corrected chi connectivity index (χ3v) is 16.0. The Balaban J connectivity index is 0.000000240. The van der Waals surface area contributed by atoms with E-state index in [2.05, 4.69) is 0 Å². The van der Waals surface area contributed by atoms with Gasteiger partial charge in [0, 0.05) is 63.6 Å². The Bertz CT molecular complexity index is 2580. The number of rotatable bonds is 18. The zero-order valence-corrected chi connectivity index (χ0v) is 48.2. The fourth-order valence-electron chi connectivity index (χ4n) is 11.9. The average molecular weight is 1190 g/mol. The van der Waals surface area contributed by atoms with Crippen LogP contribution in [0.25, 0.3) is 0 Å². The Morgan fingerprint density at radius 2 is 1.01 bits per heavy atom. The Labute approximate surface area is 479 Å². The number of carbonyl (C=O) groups excluding carboxylic acids is 5. The van der Waals surface area contributed by atoms with E-state index in [-0.39, 0.29) is 73.8 Å². The Morgan fingerprint density at radius 3 is 1.35 bits per heavy atom. The summed E-state index contributed by atoms with van der Waals surface area (Å²) in [5.41, 5.74) is -1.11. The molecule has 464 valence electrons. The number of nitrogens with two attached hydrogens (primary N) is 1. The van der Waals surface area contributed by atoms with E-state index in [1.165, 1.54) is 23.6 Å². The summed E-state index contributed by atoms with van der Waals surface area (Å²) in [6.45, 7) is 9.66. The van der Waals surface area contributed by atoms with Crippen molar-refractivity contribution in [3.05, 3.63) is 46.5 Å². The van der Waals surface area contributed by atoms with Gasteiger partial charge in [0.1, 0.15) is 11.5 Å². The molecule has 25 heteroatoms. The smallest absolute Gasteiger partial charge is 0.417 e. The van der Waals surface area contributed by atoms with Gasteiger partial charge in [-0.15, -0.1) is 0 Å². The number of fused-ring (bicyclic) bond motifs is 2. The molecular formula is C58H80F8N6O11. The van der Waals surface area contributed by atoms with E-state index in [9.17, 15) is 59.1 Å². The highest BCUT2D eigenvalue weighted by Gasteiger charge is 2.50. The van der Waals surface area contributed by atoms with Gasteiger partial charge in [-0.05, 0) is 130 Å². The number of ether oxygens (including phenoxy) is 6. The first kappa shape index (κ1) is 65.2. The van der Waals surface area contributed by atoms with Crippen molar-refractivity contribution in [1.29, 1.82) is 0 Å².